The highest BCUT2D eigenvalue weighted by atomic mass is 16.3. The van der Waals surface area contributed by atoms with Crippen LogP contribution in [0.25, 0.3) is 0 Å². The highest BCUT2D eigenvalue weighted by Crippen LogP contribution is 2.26. The molecule has 1 amide bonds. The lowest BCUT2D eigenvalue weighted by molar-refractivity contribution is -0.136. The van der Waals surface area contributed by atoms with Crippen molar-refractivity contribution < 1.29 is 14.3 Å². The summed E-state index contributed by atoms with van der Waals surface area (Å²) >= 11 is 0. The SMILES string of the molecule is O=C(C1CC(O)CN1)N(Cc1ccco1)C1CCCC1. The van der Waals surface area contributed by atoms with Gasteiger partial charge in [-0.3, -0.25) is 4.79 Å². The van der Waals surface area contributed by atoms with Gasteiger partial charge in [-0.15, -0.1) is 0 Å². The van der Waals surface area contributed by atoms with E-state index in [2.05, 4.69) is 5.32 Å². The summed E-state index contributed by atoms with van der Waals surface area (Å²) in [5.74, 6) is 0.925. The van der Waals surface area contributed by atoms with E-state index in [-0.39, 0.29) is 11.9 Å². The highest BCUT2D eigenvalue weighted by Gasteiger charge is 2.35. The molecule has 2 unspecified atom stereocenters. The average molecular weight is 278 g/mol. The van der Waals surface area contributed by atoms with Gasteiger partial charge in [-0.1, -0.05) is 12.8 Å². The molecule has 2 N–H and O–H groups in total. The molecule has 0 aromatic carbocycles. The minimum absolute atomic E-state index is 0.102. The molecule has 2 aliphatic rings. The Morgan fingerprint density at radius 1 is 1.45 bits per heavy atom. The van der Waals surface area contributed by atoms with E-state index in [1.165, 1.54) is 12.8 Å². The zero-order valence-electron chi connectivity index (χ0n) is 11.6. The number of aliphatic hydroxyl groups is 1. The first-order valence-electron chi connectivity index (χ1n) is 7.48. The van der Waals surface area contributed by atoms with Crippen molar-refractivity contribution in [2.45, 2.75) is 56.8 Å². The zero-order chi connectivity index (χ0) is 13.9. The molecule has 2 fully saturated rings. The van der Waals surface area contributed by atoms with Gasteiger partial charge in [-0.2, -0.15) is 0 Å². The number of furan rings is 1. The lowest BCUT2D eigenvalue weighted by atomic mass is 10.1. The Labute approximate surface area is 118 Å². The lowest BCUT2D eigenvalue weighted by Gasteiger charge is -2.30. The van der Waals surface area contributed by atoms with E-state index in [0.29, 0.717) is 25.6 Å². The van der Waals surface area contributed by atoms with Crippen molar-refractivity contribution in [3.8, 4) is 0 Å². The van der Waals surface area contributed by atoms with Crippen molar-refractivity contribution in [2.24, 2.45) is 0 Å². The van der Waals surface area contributed by atoms with Crippen LogP contribution in [0.2, 0.25) is 0 Å². The molecular weight excluding hydrogens is 256 g/mol. The van der Waals surface area contributed by atoms with Crippen molar-refractivity contribution in [3.05, 3.63) is 24.2 Å². The van der Waals surface area contributed by atoms with Gasteiger partial charge in [-0.25, -0.2) is 0 Å². The summed E-state index contributed by atoms with van der Waals surface area (Å²) in [4.78, 5) is 14.7. The predicted molar refractivity (Wildman–Crippen MR) is 73.9 cm³/mol. The van der Waals surface area contributed by atoms with Crippen LogP contribution in [-0.2, 0) is 11.3 Å². The predicted octanol–water partition coefficient (Wildman–Crippen LogP) is 1.27. The molecule has 5 heteroatoms. The summed E-state index contributed by atoms with van der Waals surface area (Å²) in [5, 5.41) is 12.7. The number of hydrogen-bond acceptors (Lipinski definition) is 4. The number of carbonyl (C=O) groups is 1. The molecule has 1 aromatic heterocycles. The van der Waals surface area contributed by atoms with Gasteiger partial charge in [0.15, 0.2) is 0 Å². The molecule has 110 valence electrons. The summed E-state index contributed by atoms with van der Waals surface area (Å²) in [6.07, 6.45) is 6.27. The lowest BCUT2D eigenvalue weighted by Crippen LogP contribution is -2.47. The fourth-order valence-electron chi connectivity index (χ4n) is 3.28. The normalized spacial score (nSPS) is 27.1. The molecule has 0 bridgehead atoms. The summed E-state index contributed by atoms with van der Waals surface area (Å²) in [7, 11) is 0. The third-order valence-corrected chi connectivity index (χ3v) is 4.36. The van der Waals surface area contributed by atoms with E-state index in [9.17, 15) is 9.90 Å². The van der Waals surface area contributed by atoms with Crippen LogP contribution < -0.4 is 5.32 Å². The zero-order valence-corrected chi connectivity index (χ0v) is 11.6. The maximum Gasteiger partial charge on any atom is 0.240 e. The van der Waals surface area contributed by atoms with Crippen LogP contribution >= 0.6 is 0 Å². The van der Waals surface area contributed by atoms with Gasteiger partial charge in [-0.05, 0) is 31.4 Å². The monoisotopic (exact) mass is 278 g/mol. The number of rotatable bonds is 4. The number of carbonyl (C=O) groups excluding carboxylic acids is 1. The topological polar surface area (TPSA) is 65.7 Å². The Hall–Kier alpha value is -1.33. The second kappa shape index (κ2) is 5.97. The van der Waals surface area contributed by atoms with E-state index < -0.39 is 6.10 Å². The maximum atomic E-state index is 12.7. The standard InChI is InChI=1S/C15H22N2O3/c18-12-8-14(16-9-12)15(19)17(11-4-1-2-5-11)10-13-6-3-7-20-13/h3,6-7,11-12,14,16,18H,1-2,4-5,8-10H2. The van der Waals surface area contributed by atoms with Gasteiger partial charge in [0.05, 0.1) is 25.0 Å². The van der Waals surface area contributed by atoms with Crippen molar-refractivity contribution >= 4 is 5.91 Å². The first-order chi connectivity index (χ1) is 9.74. The second-order valence-corrected chi connectivity index (χ2v) is 5.83. The quantitative estimate of drug-likeness (QED) is 0.870. The number of nitrogens with zero attached hydrogens (tertiary/aromatic N) is 1. The molecule has 1 saturated heterocycles. The molecule has 20 heavy (non-hydrogen) atoms. The van der Waals surface area contributed by atoms with Gasteiger partial charge in [0.1, 0.15) is 5.76 Å². The molecule has 2 atom stereocenters. The van der Waals surface area contributed by atoms with Crippen molar-refractivity contribution in [2.75, 3.05) is 6.54 Å². The fraction of sp³-hybridized carbons (Fsp3) is 0.667. The van der Waals surface area contributed by atoms with Crippen molar-refractivity contribution in [3.63, 3.8) is 0 Å². The number of nitrogens with one attached hydrogen (secondary N) is 1. The second-order valence-electron chi connectivity index (χ2n) is 5.83. The largest absolute Gasteiger partial charge is 0.467 e. The van der Waals surface area contributed by atoms with E-state index in [1.54, 1.807) is 6.26 Å². The van der Waals surface area contributed by atoms with Crippen LogP contribution in [-0.4, -0.2) is 40.6 Å². The average Bonchev–Trinajstić information content (AvgIpc) is 3.17. The maximum absolute atomic E-state index is 12.7. The molecule has 1 aliphatic heterocycles. The number of aliphatic hydroxyl groups excluding tert-OH is 1. The van der Waals surface area contributed by atoms with Crippen molar-refractivity contribution in [1.29, 1.82) is 0 Å². The van der Waals surface area contributed by atoms with E-state index in [1.807, 2.05) is 17.0 Å². The Morgan fingerprint density at radius 3 is 2.85 bits per heavy atom. The fourth-order valence-corrected chi connectivity index (χ4v) is 3.28. The van der Waals surface area contributed by atoms with Crippen LogP contribution in [0.4, 0.5) is 0 Å². The summed E-state index contributed by atoms with van der Waals surface area (Å²) in [6, 6.07) is 3.82. The number of hydrogen-bond donors (Lipinski definition) is 2. The number of amides is 1. The summed E-state index contributed by atoms with van der Waals surface area (Å²) < 4.78 is 5.39. The van der Waals surface area contributed by atoms with E-state index >= 15 is 0 Å². The minimum Gasteiger partial charge on any atom is -0.467 e. The van der Waals surface area contributed by atoms with Gasteiger partial charge < -0.3 is 19.7 Å². The Kier molecular flexibility index (Phi) is 4.08. The summed E-state index contributed by atoms with van der Waals surface area (Å²) in [5.41, 5.74) is 0. The third kappa shape index (κ3) is 2.88. The Bertz CT molecular complexity index is 440. The molecule has 3 rings (SSSR count). The van der Waals surface area contributed by atoms with Crippen LogP contribution in [0, 0.1) is 0 Å². The van der Waals surface area contributed by atoms with E-state index in [4.69, 9.17) is 4.42 Å². The summed E-state index contributed by atoms with van der Waals surface area (Å²) in [6.45, 7) is 1.04. The first-order valence-corrected chi connectivity index (χ1v) is 7.48. The first kappa shape index (κ1) is 13.6. The van der Waals surface area contributed by atoms with Crippen LogP contribution in [0.3, 0.4) is 0 Å². The van der Waals surface area contributed by atoms with Gasteiger partial charge in [0, 0.05) is 12.6 Å². The van der Waals surface area contributed by atoms with E-state index in [0.717, 1.165) is 18.6 Å². The van der Waals surface area contributed by atoms with Crippen LogP contribution in [0.5, 0.6) is 0 Å². The molecule has 0 radical (unpaired) electrons. The molecule has 1 aromatic rings. The molecule has 2 heterocycles. The molecular formula is C15H22N2O3. The van der Waals surface area contributed by atoms with Crippen LogP contribution in [0.1, 0.15) is 37.9 Å². The van der Waals surface area contributed by atoms with Gasteiger partial charge in [0.25, 0.3) is 0 Å². The van der Waals surface area contributed by atoms with Crippen molar-refractivity contribution in [1.82, 2.24) is 10.2 Å². The molecule has 5 nitrogen and oxygen atoms in total. The number of β-amino-alcohol motifs (C(OH)–C–C–N with tert-alkyl or cyclic N) is 1. The van der Waals surface area contributed by atoms with Gasteiger partial charge >= 0.3 is 0 Å². The Balaban J connectivity index is 1.72. The molecule has 1 aliphatic carbocycles. The third-order valence-electron chi connectivity index (χ3n) is 4.36. The Morgan fingerprint density at radius 2 is 2.25 bits per heavy atom. The molecule has 1 saturated carbocycles. The van der Waals surface area contributed by atoms with Crippen LogP contribution in [0.15, 0.2) is 22.8 Å². The smallest absolute Gasteiger partial charge is 0.240 e. The minimum atomic E-state index is -0.405. The molecule has 0 spiro atoms. The highest BCUT2D eigenvalue weighted by molar-refractivity contribution is 5.82. The van der Waals surface area contributed by atoms with Gasteiger partial charge in [0.2, 0.25) is 5.91 Å².